The topological polar surface area (TPSA) is 83.8 Å². The van der Waals surface area contributed by atoms with E-state index in [-0.39, 0.29) is 31.6 Å². The van der Waals surface area contributed by atoms with E-state index in [9.17, 15) is 9.36 Å². The van der Waals surface area contributed by atoms with E-state index in [0.717, 1.165) is 0 Å². The van der Waals surface area contributed by atoms with Gasteiger partial charge in [0.1, 0.15) is 0 Å². The van der Waals surface area contributed by atoms with E-state index in [2.05, 4.69) is 4.74 Å². The molecular formula is C6H13O5P. The predicted molar refractivity (Wildman–Crippen MR) is 42.8 cm³/mol. The van der Waals surface area contributed by atoms with Gasteiger partial charge >= 0.3 is 13.6 Å². The van der Waals surface area contributed by atoms with Crippen molar-refractivity contribution in [1.82, 2.24) is 0 Å². The van der Waals surface area contributed by atoms with Crippen molar-refractivity contribution in [3.63, 3.8) is 0 Å². The first-order valence-electron chi connectivity index (χ1n) is 3.66. The van der Waals surface area contributed by atoms with E-state index >= 15 is 0 Å². The van der Waals surface area contributed by atoms with Crippen LogP contribution in [0, 0.1) is 0 Å². The second-order valence-electron chi connectivity index (χ2n) is 2.32. The molecule has 0 aliphatic carbocycles. The van der Waals surface area contributed by atoms with Gasteiger partial charge in [0, 0.05) is 6.42 Å². The van der Waals surface area contributed by atoms with Crippen molar-refractivity contribution in [1.29, 1.82) is 0 Å². The lowest BCUT2D eigenvalue weighted by atomic mass is 10.5. The summed E-state index contributed by atoms with van der Waals surface area (Å²) in [5, 5.41) is 0. The summed E-state index contributed by atoms with van der Waals surface area (Å²) in [6.07, 6.45) is 0.260. The Hall–Kier alpha value is -0.380. The van der Waals surface area contributed by atoms with Gasteiger partial charge in [-0.05, 0) is 6.42 Å². The maximum atomic E-state index is 10.5. The summed E-state index contributed by atoms with van der Waals surface area (Å²) in [4.78, 5) is 27.3. The molecule has 0 atom stereocenters. The van der Waals surface area contributed by atoms with Gasteiger partial charge in [-0.1, -0.05) is 6.92 Å². The van der Waals surface area contributed by atoms with Gasteiger partial charge in [0.05, 0.1) is 12.8 Å². The van der Waals surface area contributed by atoms with Gasteiger partial charge in [0.15, 0.2) is 0 Å². The van der Waals surface area contributed by atoms with E-state index in [0.29, 0.717) is 0 Å². The minimum absolute atomic E-state index is 0.0811. The third-order valence-corrected chi connectivity index (χ3v) is 2.04. The van der Waals surface area contributed by atoms with Crippen molar-refractivity contribution in [2.24, 2.45) is 0 Å². The fourth-order valence-corrected chi connectivity index (χ4v) is 1.10. The molecule has 0 aliphatic rings. The van der Waals surface area contributed by atoms with Gasteiger partial charge in [-0.3, -0.25) is 9.36 Å². The van der Waals surface area contributed by atoms with Crippen LogP contribution in [-0.2, 0) is 14.1 Å². The maximum absolute atomic E-state index is 10.5. The molecular weight excluding hydrogens is 183 g/mol. The van der Waals surface area contributed by atoms with Crippen molar-refractivity contribution in [3.05, 3.63) is 0 Å². The van der Waals surface area contributed by atoms with E-state index < -0.39 is 7.60 Å². The summed E-state index contributed by atoms with van der Waals surface area (Å²) in [6, 6.07) is 0. The second kappa shape index (κ2) is 5.30. The molecule has 2 N–H and O–H groups in total. The molecule has 0 aromatic heterocycles. The average molecular weight is 196 g/mol. The van der Waals surface area contributed by atoms with Gasteiger partial charge in [-0.2, -0.15) is 0 Å². The summed E-state index contributed by atoms with van der Waals surface area (Å²) in [6.45, 7) is 1.74. The van der Waals surface area contributed by atoms with Crippen molar-refractivity contribution in [2.45, 2.75) is 19.8 Å². The zero-order chi connectivity index (χ0) is 9.61. The van der Waals surface area contributed by atoms with Crippen LogP contribution in [0.1, 0.15) is 19.8 Å². The van der Waals surface area contributed by atoms with Crippen LogP contribution >= 0.6 is 7.60 Å². The molecule has 0 unspecified atom stereocenters. The Labute approximate surface area is 70.9 Å². The number of esters is 1. The first-order valence-corrected chi connectivity index (χ1v) is 5.45. The molecule has 0 aliphatic heterocycles. The molecule has 0 amide bonds. The Morgan fingerprint density at radius 2 is 2.08 bits per heavy atom. The Bertz CT molecular complexity index is 184. The van der Waals surface area contributed by atoms with E-state index in [1.165, 1.54) is 0 Å². The van der Waals surface area contributed by atoms with Crippen LogP contribution in [0.4, 0.5) is 0 Å². The molecule has 0 saturated heterocycles. The summed E-state index contributed by atoms with van der Waals surface area (Å²) in [7, 11) is -3.93. The lowest BCUT2D eigenvalue weighted by molar-refractivity contribution is -0.143. The molecule has 5 nitrogen and oxygen atoms in total. The quantitative estimate of drug-likeness (QED) is 0.380. The predicted octanol–water partition coefficient (Wildman–Crippen LogP) is 0.507. The highest BCUT2D eigenvalue weighted by Crippen LogP contribution is 2.34. The number of hydrogen-bond donors (Lipinski definition) is 2. The number of carbonyl (C=O) groups is 1. The van der Waals surface area contributed by atoms with Crippen LogP contribution in [-0.4, -0.2) is 28.5 Å². The first-order chi connectivity index (χ1) is 5.45. The normalized spacial score (nSPS) is 11.2. The van der Waals surface area contributed by atoms with Gasteiger partial charge in [0.2, 0.25) is 0 Å². The molecule has 0 radical (unpaired) electrons. The summed E-state index contributed by atoms with van der Waals surface area (Å²) < 4.78 is 14.9. The molecule has 0 saturated carbocycles. The fraction of sp³-hybridized carbons (Fsp3) is 0.833. The van der Waals surface area contributed by atoms with Crippen LogP contribution in [0.15, 0.2) is 0 Å². The average Bonchev–Trinajstić information content (AvgIpc) is 1.96. The maximum Gasteiger partial charge on any atom is 0.325 e. The lowest BCUT2D eigenvalue weighted by Gasteiger charge is -2.04. The molecule has 0 aromatic rings. The van der Waals surface area contributed by atoms with E-state index in [4.69, 9.17) is 9.79 Å². The zero-order valence-corrected chi connectivity index (χ0v) is 7.79. The summed E-state index contributed by atoms with van der Waals surface area (Å²) >= 11 is 0. The molecule has 0 aromatic carbocycles. The Morgan fingerprint density at radius 1 is 1.50 bits per heavy atom. The van der Waals surface area contributed by atoms with Gasteiger partial charge < -0.3 is 14.5 Å². The minimum Gasteiger partial charge on any atom is -0.466 e. The highest BCUT2D eigenvalue weighted by atomic mass is 31.2. The summed E-state index contributed by atoms with van der Waals surface area (Å²) in [5.41, 5.74) is 0. The third kappa shape index (κ3) is 7.72. The molecule has 0 spiro atoms. The molecule has 0 fully saturated rings. The minimum atomic E-state index is -3.93. The van der Waals surface area contributed by atoms with Crippen molar-refractivity contribution < 1.29 is 23.9 Å². The second-order valence-corrected chi connectivity index (χ2v) is 4.09. The van der Waals surface area contributed by atoms with Gasteiger partial charge in [-0.25, -0.2) is 0 Å². The molecule has 6 heteroatoms. The smallest absolute Gasteiger partial charge is 0.325 e. The van der Waals surface area contributed by atoms with Gasteiger partial charge in [-0.15, -0.1) is 0 Å². The van der Waals surface area contributed by atoms with Crippen LogP contribution in [0.25, 0.3) is 0 Å². The van der Waals surface area contributed by atoms with Crippen molar-refractivity contribution in [3.8, 4) is 0 Å². The fourth-order valence-electron chi connectivity index (χ4n) is 0.559. The number of hydrogen-bond acceptors (Lipinski definition) is 3. The third-order valence-electron chi connectivity index (χ3n) is 1.15. The standard InChI is InChI=1S/C6H13O5P/c1-2-6(7)11-4-3-5-12(8,9)10/h2-5H2,1H3,(H2,8,9,10). The molecule has 0 heterocycles. The highest BCUT2D eigenvalue weighted by Gasteiger charge is 2.11. The lowest BCUT2D eigenvalue weighted by Crippen LogP contribution is -2.05. The van der Waals surface area contributed by atoms with Crippen LogP contribution in [0.3, 0.4) is 0 Å². The molecule has 12 heavy (non-hydrogen) atoms. The largest absolute Gasteiger partial charge is 0.466 e. The van der Waals surface area contributed by atoms with Crippen LogP contribution in [0.5, 0.6) is 0 Å². The monoisotopic (exact) mass is 196 g/mol. The molecule has 0 bridgehead atoms. The van der Waals surface area contributed by atoms with Crippen molar-refractivity contribution in [2.75, 3.05) is 12.8 Å². The zero-order valence-electron chi connectivity index (χ0n) is 6.89. The molecule has 0 rings (SSSR count). The number of ether oxygens (including phenoxy) is 1. The molecule has 72 valence electrons. The van der Waals surface area contributed by atoms with Gasteiger partial charge in [0.25, 0.3) is 0 Å². The Morgan fingerprint density at radius 3 is 2.50 bits per heavy atom. The number of carbonyl (C=O) groups excluding carboxylic acids is 1. The number of rotatable bonds is 5. The summed E-state index contributed by atoms with van der Waals surface area (Å²) in [5.74, 6) is -0.347. The highest BCUT2D eigenvalue weighted by molar-refractivity contribution is 7.51. The van der Waals surface area contributed by atoms with Crippen LogP contribution < -0.4 is 0 Å². The first kappa shape index (κ1) is 11.6. The Kier molecular flexibility index (Phi) is 5.13. The Balaban J connectivity index is 3.34. The van der Waals surface area contributed by atoms with Crippen molar-refractivity contribution >= 4 is 13.6 Å². The van der Waals surface area contributed by atoms with E-state index in [1.807, 2.05) is 0 Å². The van der Waals surface area contributed by atoms with Crippen LogP contribution in [0.2, 0.25) is 0 Å². The van der Waals surface area contributed by atoms with E-state index in [1.54, 1.807) is 6.92 Å². The SMILES string of the molecule is CCC(=O)OCCCP(=O)(O)O.